The van der Waals surface area contributed by atoms with Gasteiger partial charge in [-0.05, 0) is 37.6 Å². The SMILES string of the molecule is CC[C@@H](C)N(CC(=O)Nc1ccon1)C(=O)c1ccc(OC)cc1. The van der Waals surface area contributed by atoms with Crippen LogP contribution in [-0.4, -0.2) is 41.6 Å². The van der Waals surface area contributed by atoms with E-state index in [9.17, 15) is 9.59 Å². The van der Waals surface area contributed by atoms with Gasteiger partial charge < -0.3 is 19.5 Å². The lowest BCUT2D eigenvalue weighted by Gasteiger charge is -2.28. The van der Waals surface area contributed by atoms with Crippen LogP contribution in [0.15, 0.2) is 41.1 Å². The molecule has 7 nitrogen and oxygen atoms in total. The van der Waals surface area contributed by atoms with Crippen LogP contribution in [0.1, 0.15) is 30.6 Å². The zero-order chi connectivity index (χ0) is 17.5. The normalized spacial score (nSPS) is 11.6. The van der Waals surface area contributed by atoms with E-state index in [1.165, 1.54) is 17.2 Å². The molecule has 7 heteroatoms. The van der Waals surface area contributed by atoms with E-state index in [2.05, 4.69) is 15.0 Å². The van der Waals surface area contributed by atoms with Gasteiger partial charge in [0.05, 0.1) is 7.11 Å². The van der Waals surface area contributed by atoms with Crippen molar-refractivity contribution in [2.75, 3.05) is 19.0 Å². The molecule has 0 radical (unpaired) electrons. The second-order valence-electron chi connectivity index (χ2n) is 5.35. The van der Waals surface area contributed by atoms with Crippen molar-refractivity contribution >= 4 is 17.6 Å². The average Bonchev–Trinajstić information content (AvgIpc) is 3.11. The molecule has 2 amide bonds. The van der Waals surface area contributed by atoms with Crippen molar-refractivity contribution in [3.05, 3.63) is 42.2 Å². The first kappa shape index (κ1) is 17.5. The van der Waals surface area contributed by atoms with Gasteiger partial charge in [0.1, 0.15) is 18.6 Å². The van der Waals surface area contributed by atoms with Gasteiger partial charge in [-0.1, -0.05) is 12.1 Å². The Balaban J connectivity index is 2.11. The molecule has 1 aromatic heterocycles. The van der Waals surface area contributed by atoms with Crippen LogP contribution in [0.5, 0.6) is 5.75 Å². The van der Waals surface area contributed by atoms with Crippen molar-refractivity contribution in [2.45, 2.75) is 26.3 Å². The molecular weight excluding hydrogens is 310 g/mol. The summed E-state index contributed by atoms with van der Waals surface area (Å²) in [7, 11) is 1.57. The largest absolute Gasteiger partial charge is 0.497 e. The number of rotatable bonds is 7. The molecule has 0 aliphatic rings. The van der Waals surface area contributed by atoms with Gasteiger partial charge >= 0.3 is 0 Å². The molecule has 0 spiro atoms. The summed E-state index contributed by atoms with van der Waals surface area (Å²) in [6.45, 7) is 3.81. The summed E-state index contributed by atoms with van der Waals surface area (Å²) >= 11 is 0. The smallest absolute Gasteiger partial charge is 0.254 e. The lowest BCUT2D eigenvalue weighted by Crippen LogP contribution is -2.43. The highest BCUT2D eigenvalue weighted by Gasteiger charge is 2.23. The number of aromatic nitrogens is 1. The van der Waals surface area contributed by atoms with Crippen LogP contribution in [-0.2, 0) is 4.79 Å². The van der Waals surface area contributed by atoms with Gasteiger partial charge in [-0.25, -0.2) is 0 Å². The van der Waals surface area contributed by atoms with Gasteiger partial charge in [0, 0.05) is 17.7 Å². The molecule has 0 aliphatic heterocycles. The summed E-state index contributed by atoms with van der Waals surface area (Å²) < 4.78 is 9.77. The molecule has 0 saturated carbocycles. The lowest BCUT2D eigenvalue weighted by atomic mass is 10.1. The van der Waals surface area contributed by atoms with Gasteiger partial charge in [-0.15, -0.1) is 0 Å². The Labute approximate surface area is 140 Å². The first-order valence-electron chi connectivity index (χ1n) is 7.70. The second-order valence-corrected chi connectivity index (χ2v) is 5.35. The quantitative estimate of drug-likeness (QED) is 0.843. The summed E-state index contributed by atoms with van der Waals surface area (Å²) in [4.78, 5) is 26.5. The molecule has 1 N–H and O–H groups in total. The average molecular weight is 331 g/mol. The van der Waals surface area contributed by atoms with Gasteiger partial charge in [0.25, 0.3) is 5.91 Å². The Morgan fingerprint density at radius 3 is 2.54 bits per heavy atom. The third-order valence-corrected chi connectivity index (χ3v) is 3.74. The summed E-state index contributed by atoms with van der Waals surface area (Å²) in [5.74, 6) is 0.458. The first-order valence-corrected chi connectivity index (χ1v) is 7.70. The molecule has 0 saturated heterocycles. The minimum absolute atomic E-state index is 0.0628. The van der Waals surface area contributed by atoms with Crippen LogP contribution in [0.25, 0.3) is 0 Å². The topological polar surface area (TPSA) is 84.7 Å². The van der Waals surface area contributed by atoms with E-state index in [4.69, 9.17) is 4.74 Å². The van der Waals surface area contributed by atoms with Crippen LogP contribution in [0, 0.1) is 0 Å². The predicted molar refractivity (Wildman–Crippen MR) is 88.9 cm³/mol. The number of nitrogens with zero attached hydrogens (tertiary/aromatic N) is 2. The van der Waals surface area contributed by atoms with Crippen molar-refractivity contribution in [1.82, 2.24) is 10.1 Å². The fraction of sp³-hybridized carbons (Fsp3) is 0.353. The molecule has 0 aliphatic carbocycles. The molecule has 128 valence electrons. The molecule has 0 fully saturated rings. The Morgan fingerprint density at radius 2 is 2.00 bits per heavy atom. The van der Waals surface area contributed by atoms with Gasteiger partial charge in [0.15, 0.2) is 5.82 Å². The molecule has 1 atom stereocenters. The van der Waals surface area contributed by atoms with Crippen molar-refractivity contribution in [2.24, 2.45) is 0 Å². The summed E-state index contributed by atoms with van der Waals surface area (Å²) in [6.07, 6.45) is 2.10. The van der Waals surface area contributed by atoms with E-state index in [0.717, 1.165) is 6.42 Å². The predicted octanol–water partition coefficient (Wildman–Crippen LogP) is 2.56. The zero-order valence-electron chi connectivity index (χ0n) is 14.0. The standard InChI is InChI=1S/C17H21N3O4/c1-4-12(2)20(11-16(21)18-15-9-10-24-19-15)17(22)13-5-7-14(23-3)8-6-13/h5-10,12H,4,11H2,1-3H3,(H,18,19,21)/t12-/m1/s1. The van der Waals surface area contributed by atoms with Crippen LogP contribution < -0.4 is 10.1 Å². The highest BCUT2D eigenvalue weighted by Crippen LogP contribution is 2.15. The van der Waals surface area contributed by atoms with Crippen LogP contribution in [0.2, 0.25) is 0 Å². The van der Waals surface area contributed by atoms with Crippen molar-refractivity contribution in [3.8, 4) is 5.75 Å². The van der Waals surface area contributed by atoms with Crippen LogP contribution in [0.3, 0.4) is 0 Å². The number of amides is 2. The van der Waals surface area contributed by atoms with E-state index in [1.54, 1.807) is 31.4 Å². The number of hydrogen-bond donors (Lipinski definition) is 1. The number of ether oxygens (including phenoxy) is 1. The monoisotopic (exact) mass is 331 g/mol. The fourth-order valence-corrected chi connectivity index (χ4v) is 2.16. The molecular formula is C17H21N3O4. The summed E-state index contributed by atoms with van der Waals surface area (Å²) in [6, 6.07) is 8.27. The zero-order valence-corrected chi connectivity index (χ0v) is 14.0. The van der Waals surface area contributed by atoms with Crippen molar-refractivity contribution in [3.63, 3.8) is 0 Å². The number of anilines is 1. The molecule has 2 rings (SSSR count). The van der Waals surface area contributed by atoms with E-state index in [-0.39, 0.29) is 24.4 Å². The Hall–Kier alpha value is -2.83. The third kappa shape index (κ3) is 4.34. The number of carbonyl (C=O) groups is 2. The van der Waals surface area contributed by atoms with E-state index in [1.807, 2.05) is 13.8 Å². The highest BCUT2D eigenvalue weighted by molar-refractivity contribution is 5.99. The maximum atomic E-state index is 12.8. The highest BCUT2D eigenvalue weighted by atomic mass is 16.5. The molecule has 2 aromatic rings. The van der Waals surface area contributed by atoms with Crippen molar-refractivity contribution < 1.29 is 18.8 Å². The maximum absolute atomic E-state index is 12.8. The Morgan fingerprint density at radius 1 is 1.29 bits per heavy atom. The number of carbonyl (C=O) groups excluding carboxylic acids is 2. The van der Waals surface area contributed by atoms with Gasteiger partial charge in [0.2, 0.25) is 5.91 Å². The summed E-state index contributed by atoms with van der Waals surface area (Å²) in [5, 5.41) is 6.22. The van der Waals surface area contributed by atoms with Crippen LogP contribution in [0.4, 0.5) is 5.82 Å². The molecule has 1 heterocycles. The fourth-order valence-electron chi connectivity index (χ4n) is 2.16. The lowest BCUT2D eigenvalue weighted by molar-refractivity contribution is -0.117. The Bertz CT molecular complexity index is 668. The molecule has 0 bridgehead atoms. The molecule has 1 aromatic carbocycles. The number of methoxy groups -OCH3 is 1. The number of hydrogen-bond acceptors (Lipinski definition) is 5. The van der Waals surface area contributed by atoms with E-state index >= 15 is 0 Å². The van der Waals surface area contributed by atoms with Crippen LogP contribution >= 0.6 is 0 Å². The van der Waals surface area contributed by atoms with Gasteiger partial charge in [-0.2, -0.15) is 0 Å². The minimum Gasteiger partial charge on any atom is -0.497 e. The third-order valence-electron chi connectivity index (χ3n) is 3.74. The second kappa shape index (κ2) is 8.14. The number of nitrogens with one attached hydrogen (secondary N) is 1. The van der Waals surface area contributed by atoms with E-state index in [0.29, 0.717) is 17.1 Å². The summed E-state index contributed by atoms with van der Waals surface area (Å²) in [5.41, 5.74) is 0.505. The molecule has 24 heavy (non-hydrogen) atoms. The maximum Gasteiger partial charge on any atom is 0.254 e. The first-order chi connectivity index (χ1) is 11.5. The number of benzene rings is 1. The van der Waals surface area contributed by atoms with E-state index < -0.39 is 0 Å². The van der Waals surface area contributed by atoms with Gasteiger partial charge in [-0.3, -0.25) is 9.59 Å². The van der Waals surface area contributed by atoms with Crippen molar-refractivity contribution in [1.29, 1.82) is 0 Å². The molecule has 0 unspecified atom stereocenters. The minimum atomic E-state index is -0.328. The Kier molecular flexibility index (Phi) is 5.95.